The molecule has 26 heavy (non-hydrogen) atoms. The van der Waals surface area contributed by atoms with Crippen molar-refractivity contribution in [1.29, 1.82) is 0 Å². The molecule has 3 rings (SSSR count). The average molecular weight is 351 g/mol. The predicted molar refractivity (Wildman–Crippen MR) is 102 cm³/mol. The second kappa shape index (κ2) is 8.02. The van der Waals surface area contributed by atoms with Crippen molar-refractivity contribution in [3.05, 3.63) is 83.7 Å². The average Bonchev–Trinajstić information content (AvgIpc) is 2.67. The Hall–Kier alpha value is -2.85. The maximum Gasteiger partial charge on any atom is 0.135 e. The van der Waals surface area contributed by atoms with Gasteiger partial charge in [0.1, 0.15) is 23.9 Å². The Kier molecular flexibility index (Phi) is 5.54. The lowest BCUT2D eigenvalue weighted by Crippen LogP contribution is -2.08. The van der Waals surface area contributed by atoms with Crippen LogP contribution >= 0.6 is 0 Å². The molecule has 0 heterocycles. The van der Waals surface area contributed by atoms with Gasteiger partial charge in [-0.25, -0.2) is 4.39 Å². The van der Waals surface area contributed by atoms with Gasteiger partial charge in [-0.05, 0) is 48.4 Å². The lowest BCUT2D eigenvalue weighted by Gasteiger charge is -2.14. The number of hydrogen-bond acceptors (Lipinski definition) is 3. The number of nitrogens with two attached hydrogens (primary N) is 1. The SMILES string of the molecule is COc1cc(COc2ccccc2)cc(-c2cccc(C(C)N)c2F)c1. The molecule has 4 heteroatoms. The molecule has 3 nitrogen and oxygen atoms in total. The van der Waals surface area contributed by atoms with Crippen LogP contribution in [-0.2, 0) is 6.61 Å². The van der Waals surface area contributed by atoms with E-state index in [0.717, 1.165) is 16.9 Å². The molecule has 0 spiro atoms. The number of hydrogen-bond donors (Lipinski definition) is 1. The predicted octanol–water partition coefficient (Wildman–Crippen LogP) is 5.10. The minimum Gasteiger partial charge on any atom is -0.497 e. The van der Waals surface area contributed by atoms with Crippen LogP contribution in [0.3, 0.4) is 0 Å². The third kappa shape index (κ3) is 4.03. The van der Waals surface area contributed by atoms with Crippen molar-refractivity contribution >= 4 is 0 Å². The van der Waals surface area contributed by atoms with Crippen LogP contribution in [0.1, 0.15) is 24.1 Å². The summed E-state index contributed by atoms with van der Waals surface area (Å²) < 4.78 is 26.1. The number of ether oxygens (including phenoxy) is 2. The van der Waals surface area contributed by atoms with Crippen LogP contribution in [-0.4, -0.2) is 7.11 Å². The van der Waals surface area contributed by atoms with Crippen LogP contribution in [0.25, 0.3) is 11.1 Å². The van der Waals surface area contributed by atoms with E-state index in [1.54, 1.807) is 26.2 Å². The number of benzene rings is 3. The second-order valence-corrected chi connectivity index (χ2v) is 6.17. The van der Waals surface area contributed by atoms with E-state index in [-0.39, 0.29) is 11.9 Å². The largest absolute Gasteiger partial charge is 0.497 e. The molecule has 0 bridgehead atoms. The van der Waals surface area contributed by atoms with Crippen LogP contribution in [0, 0.1) is 5.82 Å². The first-order valence-corrected chi connectivity index (χ1v) is 8.48. The van der Waals surface area contributed by atoms with Crippen LogP contribution in [0.2, 0.25) is 0 Å². The molecule has 0 amide bonds. The number of halogens is 1. The summed E-state index contributed by atoms with van der Waals surface area (Å²) >= 11 is 0. The van der Waals surface area contributed by atoms with Gasteiger partial charge in [-0.2, -0.15) is 0 Å². The molecule has 0 aromatic heterocycles. The zero-order valence-corrected chi connectivity index (χ0v) is 14.9. The Labute approximate surface area is 153 Å². The van der Waals surface area contributed by atoms with Crippen molar-refractivity contribution < 1.29 is 13.9 Å². The van der Waals surface area contributed by atoms with Crippen molar-refractivity contribution in [2.24, 2.45) is 5.73 Å². The first kappa shape index (κ1) is 18.0. The Morgan fingerprint density at radius 2 is 1.73 bits per heavy atom. The molecular formula is C22H22FNO2. The highest BCUT2D eigenvalue weighted by molar-refractivity contribution is 5.68. The standard InChI is InChI=1S/C22H22FNO2/c1-15(24)20-9-6-10-21(22(20)23)17-11-16(12-19(13-17)25-2)14-26-18-7-4-3-5-8-18/h3-13,15H,14,24H2,1-2H3. The summed E-state index contributed by atoms with van der Waals surface area (Å²) in [6, 6.07) is 20.1. The molecule has 3 aromatic carbocycles. The molecule has 1 atom stereocenters. The molecule has 0 radical (unpaired) electrons. The van der Waals surface area contributed by atoms with Gasteiger partial charge in [0.25, 0.3) is 0 Å². The molecule has 0 aliphatic heterocycles. The van der Waals surface area contributed by atoms with Gasteiger partial charge in [-0.15, -0.1) is 0 Å². The molecule has 0 saturated heterocycles. The van der Waals surface area contributed by atoms with Gasteiger partial charge in [0.05, 0.1) is 7.11 Å². The summed E-state index contributed by atoms with van der Waals surface area (Å²) in [6.07, 6.45) is 0. The summed E-state index contributed by atoms with van der Waals surface area (Å²) in [7, 11) is 1.59. The Morgan fingerprint density at radius 3 is 2.42 bits per heavy atom. The highest BCUT2D eigenvalue weighted by Gasteiger charge is 2.14. The lowest BCUT2D eigenvalue weighted by atomic mass is 9.97. The molecule has 3 aromatic rings. The van der Waals surface area contributed by atoms with E-state index in [2.05, 4.69) is 0 Å². The van der Waals surface area contributed by atoms with Gasteiger partial charge in [0, 0.05) is 17.2 Å². The zero-order valence-electron chi connectivity index (χ0n) is 14.9. The van der Waals surface area contributed by atoms with Gasteiger partial charge in [0.15, 0.2) is 0 Å². The van der Waals surface area contributed by atoms with Crippen LogP contribution in [0.5, 0.6) is 11.5 Å². The first-order chi connectivity index (χ1) is 12.6. The van der Waals surface area contributed by atoms with Crippen molar-refractivity contribution in [1.82, 2.24) is 0 Å². The van der Waals surface area contributed by atoms with Crippen molar-refractivity contribution in [2.75, 3.05) is 7.11 Å². The third-order valence-corrected chi connectivity index (χ3v) is 4.18. The lowest BCUT2D eigenvalue weighted by molar-refractivity contribution is 0.305. The minimum atomic E-state index is -0.374. The van der Waals surface area contributed by atoms with Gasteiger partial charge in [0.2, 0.25) is 0 Å². The second-order valence-electron chi connectivity index (χ2n) is 6.17. The molecule has 134 valence electrons. The fourth-order valence-electron chi connectivity index (χ4n) is 2.83. The molecule has 0 fully saturated rings. The van der Waals surface area contributed by atoms with Crippen molar-refractivity contribution in [3.63, 3.8) is 0 Å². The smallest absolute Gasteiger partial charge is 0.135 e. The summed E-state index contributed by atoms with van der Waals surface area (Å²) in [5.74, 6) is 1.13. The summed E-state index contributed by atoms with van der Waals surface area (Å²) in [5.41, 5.74) is 8.50. The molecule has 0 saturated carbocycles. The van der Waals surface area contributed by atoms with E-state index >= 15 is 0 Å². The van der Waals surface area contributed by atoms with Gasteiger partial charge < -0.3 is 15.2 Å². The molecule has 2 N–H and O–H groups in total. The van der Waals surface area contributed by atoms with Gasteiger partial charge in [-0.3, -0.25) is 0 Å². The van der Waals surface area contributed by atoms with Crippen molar-refractivity contribution in [2.45, 2.75) is 19.6 Å². The van der Waals surface area contributed by atoms with E-state index in [1.165, 1.54) is 0 Å². The van der Waals surface area contributed by atoms with Crippen LogP contribution in [0.4, 0.5) is 4.39 Å². The minimum absolute atomic E-state index is 0.300. The molecule has 0 aliphatic rings. The third-order valence-electron chi connectivity index (χ3n) is 4.18. The number of para-hydroxylation sites is 1. The quantitative estimate of drug-likeness (QED) is 0.672. The Balaban J connectivity index is 1.94. The van der Waals surface area contributed by atoms with Gasteiger partial charge >= 0.3 is 0 Å². The molecular weight excluding hydrogens is 329 g/mol. The highest BCUT2D eigenvalue weighted by Crippen LogP contribution is 2.31. The van der Waals surface area contributed by atoms with E-state index in [9.17, 15) is 4.39 Å². The number of rotatable bonds is 6. The number of methoxy groups -OCH3 is 1. The van der Waals surface area contributed by atoms with E-state index in [4.69, 9.17) is 15.2 Å². The summed E-state index contributed by atoms with van der Waals surface area (Å²) in [6.45, 7) is 2.13. The monoisotopic (exact) mass is 351 g/mol. The molecule has 0 aliphatic carbocycles. The summed E-state index contributed by atoms with van der Waals surface area (Å²) in [4.78, 5) is 0. The van der Waals surface area contributed by atoms with E-state index < -0.39 is 0 Å². The van der Waals surface area contributed by atoms with Crippen molar-refractivity contribution in [3.8, 4) is 22.6 Å². The zero-order chi connectivity index (χ0) is 18.5. The summed E-state index contributed by atoms with van der Waals surface area (Å²) in [5, 5.41) is 0. The maximum absolute atomic E-state index is 14.9. The fourth-order valence-corrected chi connectivity index (χ4v) is 2.83. The Morgan fingerprint density at radius 1 is 0.962 bits per heavy atom. The maximum atomic E-state index is 14.9. The molecule has 1 unspecified atom stereocenters. The van der Waals surface area contributed by atoms with E-state index in [1.807, 2.05) is 54.6 Å². The van der Waals surface area contributed by atoms with Crippen LogP contribution in [0.15, 0.2) is 66.7 Å². The topological polar surface area (TPSA) is 44.5 Å². The first-order valence-electron chi connectivity index (χ1n) is 8.48. The normalized spacial score (nSPS) is 11.8. The highest BCUT2D eigenvalue weighted by atomic mass is 19.1. The fraction of sp³-hybridized carbons (Fsp3) is 0.182. The van der Waals surface area contributed by atoms with Crippen LogP contribution < -0.4 is 15.2 Å². The van der Waals surface area contributed by atoms with Gasteiger partial charge in [-0.1, -0.05) is 36.4 Å². The Bertz CT molecular complexity index is 879. The van der Waals surface area contributed by atoms with E-state index in [0.29, 0.717) is 23.5 Å².